The van der Waals surface area contributed by atoms with E-state index in [-0.39, 0.29) is 18.1 Å². The molecule has 0 saturated carbocycles. The number of aromatic nitrogens is 1. The molecule has 0 fully saturated rings. The summed E-state index contributed by atoms with van der Waals surface area (Å²) < 4.78 is 5.86. The smallest absolute Gasteiger partial charge is 0.255 e. The van der Waals surface area contributed by atoms with Crippen LogP contribution in [0.5, 0.6) is 5.75 Å². The standard InChI is InChI=1S/C27H25N3O3/c1-17-9-11-19(12-10-17)26-14-22(18(2)33-26)27(32)30-24(21-7-3-4-8-25(21)31)15-23(28)20-6-5-13-29-16-20/h3-14,16,24,28,31H,15H2,1-2H3,(H,30,32). The Hall–Kier alpha value is -4.19. The Morgan fingerprint density at radius 2 is 1.85 bits per heavy atom. The summed E-state index contributed by atoms with van der Waals surface area (Å²) in [5, 5.41) is 21.9. The molecule has 33 heavy (non-hydrogen) atoms. The van der Waals surface area contributed by atoms with E-state index in [2.05, 4.69) is 10.3 Å². The number of carbonyl (C=O) groups excluding carboxylic acids is 1. The lowest BCUT2D eigenvalue weighted by atomic mass is 9.97. The molecule has 0 spiro atoms. The van der Waals surface area contributed by atoms with Gasteiger partial charge in [-0.3, -0.25) is 9.78 Å². The topological polar surface area (TPSA) is 99.2 Å². The molecule has 0 saturated heterocycles. The van der Waals surface area contributed by atoms with Crippen molar-refractivity contribution in [3.05, 3.63) is 107 Å². The summed E-state index contributed by atoms with van der Waals surface area (Å²) in [6.07, 6.45) is 3.45. The lowest BCUT2D eigenvalue weighted by molar-refractivity contribution is 0.0936. The zero-order valence-corrected chi connectivity index (χ0v) is 18.5. The van der Waals surface area contributed by atoms with Gasteiger partial charge < -0.3 is 20.2 Å². The molecule has 6 nitrogen and oxygen atoms in total. The number of hydrogen-bond acceptors (Lipinski definition) is 5. The summed E-state index contributed by atoms with van der Waals surface area (Å²) in [5.74, 6) is 0.842. The Kier molecular flexibility index (Phi) is 6.36. The van der Waals surface area contributed by atoms with Gasteiger partial charge >= 0.3 is 0 Å². The molecule has 2 aromatic carbocycles. The Balaban J connectivity index is 1.61. The first-order valence-corrected chi connectivity index (χ1v) is 10.7. The van der Waals surface area contributed by atoms with Crippen molar-refractivity contribution in [2.24, 2.45) is 0 Å². The lowest BCUT2D eigenvalue weighted by Gasteiger charge is -2.20. The number of amides is 1. The van der Waals surface area contributed by atoms with E-state index in [0.29, 0.717) is 33.9 Å². The maximum atomic E-state index is 13.2. The highest BCUT2D eigenvalue weighted by atomic mass is 16.3. The van der Waals surface area contributed by atoms with E-state index in [0.717, 1.165) is 11.1 Å². The molecule has 6 heteroatoms. The van der Waals surface area contributed by atoms with Crippen LogP contribution >= 0.6 is 0 Å². The number of aryl methyl sites for hydroxylation is 2. The molecule has 3 N–H and O–H groups in total. The highest BCUT2D eigenvalue weighted by Gasteiger charge is 2.23. The minimum atomic E-state index is -0.608. The van der Waals surface area contributed by atoms with Crippen molar-refractivity contribution in [3.8, 4) is 17.1 Å². The van der Waals surface area contributed by atoms with E-state index in [1.54, 1.807) is 61.8 Å². The fourth-order valence-corrected chi connectivity index (χ4v) is 3.69. The molecule has 1 unspecified atom stereocenters. The van der Waals surface area contributed by atoms with E-state index in [1.165, 1.54) is 0 Å². The van der Waals surface area contributed by atoms with Gasteiger partial charge in [0.05, 0.1) is 11.6 Å². The van der Waals surface area contributed by atoms with Gasteiger partial charge in [0.15, 0.2) is 0 Å². The van der Waals surface area contributed by atoms with Crippen molar-refractivity contribution in [3.63, 3.8) is 0 Å². The molecule has 0 aliphatic heterocycles. The Labute approximate surface area is 192 Å². The highest BCUT2D eigenvalue weighted by Crippen LogP contribution is 2.30. The van der Waals surface area contributed by atoms with Gasteiger partial charge in [-0.25, -0.2) is 0 Å². The lowest BCUT2D eigenvalue weighted by Crippen LogP contribution is -2.30. The predicted molar refractivity (Wildman–Crippen MR) is 128 cm³/mol. The van der Waals surface area contributed by atoms with Crippen LogP contribution in [0.3, 0.4) is 0 Å². The molecule has 4 rings (SSSR count). The van der Waals surface area contributed by atoms with Crippen molar-refractivity contribution in [2.45, 2.75) is 26.3 Å². The zero-order valence-electron chi connectivity index (χ0n) is 18.5. The highest BCUT2D eigenvalue weighted by molar-refractivity contribution is 6.00. The van der Waals surface area contributed by atoms with Gasteiger partial charge in [-0.05, 0) is 32.0 Å². The summed E-state index contributed by atoms with van der Waals surface area (Å²) in [5.41, 5.74) is 3.95. The van der Waals surface area contributed by atoms with Crippen molar-refractivity contribution < 1.29 is 14.3 Å². The number of rotatable bonds is 7. The largest absolute Gasteiger partial charge is 0.508 e. The van der Waals surface area contributed by atoms with Crippen molar-refractivity contribution in [1.29, 1.82) is 5.41 Å². The third-order valence-electron chi connectivity index (χ3n) is 5.53. The van der Waals surface area contributed by atoms with Crippen LogP contribution in [0.2, 0.25) is 0 Å². The molecule has 0 aliphatic rings. The number of pyridine rings is 1. The van der Waals surface area contributed by atoms with Crippen LogP contribution in [0.4, 0.5) is 0 Å². The number of phenolic OH excluding ortho intramolecular Hbond substituents is 1. The van der Waals surface area contributed by atoms with E-state index < -0.39 is 6.04 Å². The van der Waals surface area contributed by atoms with Gasteiger partial charge in [0.1, 0.15) is 17.3 Å². The molecule has 0 aliphatic carbocycles. The minimum Gasteiger partial charge on any atom is -0.508 e. The number of phenols is 1. The average molecular weight is 440 g/mol. The predicted octanol–water partition coefficient (Wildman–Crippen LogP) is 5.59. The molecule has 2 aromatic heterocycles. The number of furan rings is 1. The first-order valence-electron chi connectivity index (χ1n) is 10.7. The van der Waals surface area contributed by atoms with Crippen molar-refractivity contribution in [2.75, 3.05) is 0 Å². The van der Waals surface area contributed by atoms with Gasteiger partial charge in [0.25, 0.3) is 5.91 Å². The first kappa shape index (κ1) is 22.0. The first-order chi connectivity index (χ1) is 15.9. The number of aromatic hydroxyl groups is 1. The van der Waals surface area contributed by atoms with Gasteiger partial charge in [-0.15, -0.1) is 0 Å². The number of carbonyl (C=O) groups is 1. The number of hydrogen-bond donors (Lipinski definition) is 3. The molecule has 1 atom stereocenters. The fraction of sp³-hybridized carbons (Fsp3) is 0.148. The van der Waals surface area contributed by atoms with Gasteiger partial charge in [0, 0.05) is 41.2 Å². The van der Waals surface area contributed by atoms with E-state index in [9.17, 15) is 9.90 Å². The number of benzene rings is 2. The second kappa shape index (κ2) is 9.53. The van der Waals surface area contributed by atoms with Crippen LogP contribution in [0.15, 0.2) is 83.5 Å². The Bertz CT molecular complexity index is 1280. The van der Waals surface area contributed by atoms with Crippen LogP contribution in [0.25, 0.3) is 11.3 Å². The zero-order chi connectivity index (χ0) is 23.4. The molecule has 2 heterocycles. The van der Waals surface area contributed by atoms with Gasteiger partial charge in [-0.2, -0.15) is 0 Å². The Morgan fingerprint density at radius 3 is 2.55 bits per heavy atom. The second-order valence-corrected chi connectivity index (χ2v) is 7.96. The monoisotopic (exact) mass is 439 g/mol. The van der Waals surface area contributed by atoms with Gasteiger partial charge in [-0.1, -0.05) is 54.1 Å². The van der Waals surface area contributed by atoms with E-state index in [4.69, 9.17) is 9.83 Å². The summed E-state index contributed by atoms with van der Waals surface area (Å²) in [6, 6.07) is 19.4. The molecular weight excluding hydrogens is 414 g/mol. The Morgan fingerprint density at radius 1 is 1.09 bits per heavy atom. The quantitative estimate of drug-likeness (QED) is 0.327. The van der Waals surface area contributed by atoms with Crippen LogP contribution in [-0.4, -0.2) is 21.7 Å². The number of nitrogens with one attached hydrogen (secondary N) is 2. The molecule has 1 amide bonds. The van der Waals surface area contributed by atoms with Crippen molar-refractivity contribution >= 4 is 11.6 Å². The van der Waals surface area contributed by atoms with Crippen LogP contribution in [-0.2, 0) is 0 Å². The second-order valence-electron chi connectivity index (χ2n) is 7.96. The van der Waals surface area contributed by atoms with E-state index in [1.807, 2.05) is 31.2 Å². The average Bonchev–Trinajstić information content (AvgIpc) is 3.21. The maximum absolute atomic E-state index is 13.2. The van der Waals surface area contributed by atoms with Crippen LogP contribution in [0, 0.1) is 19.3 Å². The SMILES string of the molecule is Cc1ccc(-c2cc(C(=O)NC(CC(=N)c3cccnc3)c3ccccc3O)c(C)o2)cc1. The summed E-state index contributed by atoms with van der Waals surface area (Å²) in [7, 11) is 0. The molecule has 4 aromatic rings. The summed E-state index contributed by atoms with van der Waals surface area (Å²) in [4.78, 5) is 17.3. The fourth-order valence-electron chi connectivity index (χ4n) is 3.69. The van der Waals surface area contributed by atoms with Crippen molar-refractivity contribution in [1.82, 2.24) is 10.3 Å². The molecular formula is C27H25N3O3. The van der Waals surface area contributed by atoms with E-state index >= 15 is 0 Å². The third kappa shape index (κ3) is 5.01. The minimum absolute atomic E-state index is 0.0612. The van der Waals surface area contributed by atoms with Crippen LogP contribution in [0.1, 0.15) is 45.3 Å². The normalized spacial score (nSPS) is 11.7. The summed E-state index contributed by atoms with van der Waals surface area (Å²) >= 11 is 0. The summed E-state index contributed by atoms with van der Waals surface area (Å²) in [6.45, 7) is 3.76. The molecule has 0 bridgehead atoms. The molecule has 166 valence electrons. The van der Waals surface area contributed by atoms with Gasteiger partial charge in [0.2, 0.25) is 0 Å². The number of nitrogens with zero attached hydrogens (tertiary/aromatic N) is 1. The third-order valence-corrected chi connectivity index (χ3v) is 5.53. The van der Waals surface area contributed by atoms with Crippen LogP contribution < -0.4 is 5.32 Å². The molecule has 0 radical (unpaired) electrons. The number of para-hydroxylation sites is 1. The maximum Gasteiger partial charge on any atom is 0.255 e.